The zero-order chi connectivity index (χ0) is 37.0. The number of nitrogens with zero attached hydrogens (tertiary/aromatic N) is 1. The highest BCUT2D eigenvalue weighted by Crippen LogP contribution is 2.44. The van der Waals surface area contributed by atoms with Crippen LogP contribution in [0.15, 0.2) is 217 Å². The summed E-state index contributed by atoms with van der Waals surface area (Å²) in [5.41, 5.74) is 12.1. The van der Waals surface area contributed by atoms with Gasteiger partial charge < -0.3 is 9.32 Å². The lowest BCUT2D eigenvalue weighted by atomic mass is 9.96. The van der Waals surface area contributed by atoms with Crippen molar-refractivity contribution in [3.8, 4) is 33.4 Å². The molecule has 262 valence electrons. The maximum absolute atomic E-state index is 6.41. The van der Waals surface area contributed by atoms with E-state index in [0.29, 0.717) is 0 Å². The maximum atomic E-state index is 6.41. The summed E-state index contributed by atoms with van der Waals surface area (Å²) in [6.07, 6.45) is 0. The first-order chi connectivity index (χ1) is 27.7. The standard InChI is InChI=1S/C54H35NO/c1-2-13-39-31-42(24-23-36(39)11-1)37-25-28-45(29-26-37)55(46-18-9-17-43(32-46)48-21-10-16-38-12-5-6-19-47(38)48)52-22-8-7-20-49(52)44-27-30-53-50(34-44)51-33-40-14-3-4-15-41(40)35-54(51)56-53/h1-35H. The van der Waals surface area contributed by atoms with Crippen molar-refractivity contribution < 1.29 is 4.42 Å². The van der Waals surface area contributed by atoms with Gasteiger partial charge in [0.25, 0.3) is 0 Å². The molecule has 0 amide bonds. The van der Waals surface area contributed by atoms with E-state index in [0.717, 1.165) is 50.1 Å². The van der Waals surface area contributed by atoms with E-state index in [1.165, 1.54) is 54.6 Å². The third-order valence-electron chi connectivity index (χ3n) is 11.2. The summed E-state index contributed by atoms with van der Waals surface area (Å²) in [5, 5.41) is 9.59. The van der Waals surface area contributed by atoms with Crippen molar-refractivity contribution in [1.82, 2.24) is 0 Å². The molecular formula is C54H35NO. The first-order valence-electron chi connectivity index (χ1n) is 19.2. The smallest absolute Gasteiger partial charge is 0.136 e. The van der Waals surface area contributed by atoms with Crippen LogP contribution < -0.4 is 4.90 Å². The number of benzene rings is 10. The van der Waals surface area contributed by atoms with Crippen LogP contribution in [-0.2, 0) is 0 Å². The molecule has 0 atom stereocenters. The van der Waals surface area contributed by atoms with E-state index in [-0.39, 0.29) is 0 Å². The minimum Gasteiger partial charge on any atom is -0.456 e. The molecule has 11 aromatic rings. The molecule has 0 radical (unpaired) electrons. The van der Waals surface area contributed by atoms with E-state index in [1.54, 1.807) is 0 Å². The molecule has 56 heavy (non-hydrogen) atoms. The largest absolute Gasteiger partial charge is 0.456 e. The molecule has 11 rings (SSSR count). The second-order valence-corrected chi connectivity index (χ2v) is 14.5. The molecular weight excluding hydrogens is 679 g/mol. The number of para-hydroxylation sites is 1. The second-order valence-electron chi connectivity index (χ2n) is 14.5. The van der Waals surface area contributed by atoms with Crippen molar-refractivity contribution in [1.29, 1.82) is 0 Å². The molecule has 0 aliphatic rings. The van der Waals surface area contributed by atoms with Crippen molar-refractivity contribution in [3.63, 3.8) is 0 Å². The van der Waals surface area contributed by atoms with Crippen molar-refractivity contribution in [2.45, 2.75) is 0 Å². The number of anilines is 3. The van der Waals surface area contributed by atoms with Crippen LogP contribution in [0.5, 0.6) is 0 Å². The Morgan fingerprint density at radius 3 is 1.75 bits per heavy atom. The highest BCUT2D eigenvalue weighted by atomic mass is 16.3. The monoisotopic (exact) mass is 713 g/mol. The van der Waals surface area contributed by atoms with Gasteiger partial charge in [-0.2, -0.15) is 0 Å². The molecule has 0 bridgehead atoms. The summed E-state index contributed by atoms with van der Waals surface area (Å²) in [7, 11) is 0. The quantitative estimate of drug-likeness (QED) is 0.171. The van der Waals surface area contributed by atoms with Gasteiger partial charge in [-0.25, -0.2) is 0 Å². The third-order valence-corrected chi connectivity index (χ3v) is 11.2. The van der Waals surface area contributed by atoms with Crippen LogP contribution in [0.4, 0.5) is 17.1 Å². The van der Waals surface area contributed by atoms with Crippen molar-refractivity contribution >= 4 is 71.3 Å². The highest BCUT2D eigenvalue weighted by molar-refractivity contribution is 6.11. The normalized spacial score (nSPS) is 11.6. The van der Waals surface area contributed by atoms with E-state index in [9.17, 15) is 0 Å². The van der Waals surface area contributed by atoms with Gasteiger partial charge in [-0.1, -0.05) is 152 Å². The third kappa shape index (κ3) is 5.51. The first-order valence-corrected chi connectivity index (χ1v) is 19.2. The number of hydrogen-bond donors (Lipinski definition) is 0. The SMILES string of the molecule is c1cc(-c2cccc3ccccc23)cc(N(c2ccc(-c3ccc4ccccc4c3)cc2)c2ccccc2-c2ccc3oc4cc5ccccc5cc4c3c2)c1. The van der Waals surface area contributed by atoms with Crippen LogP contribution in [0.2, 0.25) is 0 Å². The molecule has 2 heteroatoms. The van der Waals surface area contributed by atoms with Crippen molar-refractivity contribution in [3.05, 3.63) is 212 Å². The predicted octanol–water partition coefficient (Wildman–Crippen LogP) is 15.5. The van der Waals surface area contributed by atoms with E-state index < -0.39 is 0 Å². The lowest BCUT2D eigenvalue weighted by Crippen LogP contribution is -2.11. The van der Waals surface area contributed by atoms with Gasteiger partial charge in [0, 0.05) is 27.7 Å². The van der Waals surface area contributed by atoms with Crippen LogP contribution in [0.1, 0.15) is 0 Å². The van der Waals surface area contributed by atoms with Crippen molar-refractivity contribution in [2.75, 3.05) is 4.90 Å². The van der Waals surface area contributed by atoms with Crippen LogP contribution in [0.3, 0.4) is 0 Å². The van der Waals surface area contributed by atoms with Crippen LogP contribution in [0.25, 0.3) is 87.6 Å². The molecule has 0 aliphatic carbocycles. The molecule has 0 saturated carbocycles. The van der Waals surface area contributed by atoms with E-state index in [2.05, 4.69) is 217 Å². The molecule has 0 aliphatic heterocycles. The number of fused-ring (bicyclic) bond motifs is 6. The van der Waals surface area contributed by atoms with Gasteiger partial charge in [-0.3, -0.25) is 0 Å². The summed E-state index contributed by atoms with van der Waals surface area (Å²) >= 11 is 0. The molecule has 0 fully saturated rings. The Labute approximate surface area is 325 Å². The number of hydrogen-bond acceptors (Lipinski definition) is 2. The molecule has 10 aromatic carbocycles. The summed E-state index contributed by atoms with van der Waals surface area (Å²) in [5.74, 6) is 0. The molecule has 0 N–H and O–H groups in total. The Morgan fingerprint density at radius 2 is 0.893 bits per heavy atom. The lowest BCUT2D eigenvalue weighted by molar-refractivity contribution is 0.669. The van der Waals surface area contributed by atoms with Crippen LogP contribution in [0, 0.1) is 0 Å². The fraction of sp³-hybridized carbons (Fsp3) is 0. The zero-order valence-electron chi connectivity index (χ0n) is 30.6. The minimum atomic E-state index is 0.889. The topological polar surface area (TPSA) is 16.4 Å². The zero-order valence-corrected chi connectivity index (χ0v) is 30.6. The number of rotatable bonds is 6. The van der Waals surface area contributed by atoms with E-state index >= 15 is 0 Å². The number of furan rings is 1. The van der Waals surface area contributed by atoms with E-state index in [4.69, 9.17) is 4.42 Å². The average molecular weight is 714 g/mol. The molecule has 2 nitrogen and oxygen atoms in total. The molecule has 0 saturated heterocycles. The molecule has 0 spiro atoms. The highest BCUT2D eigenvalue weighted by Gasteiger charge is 2.19. The van der Waals surface area contributed by atoms with Gasteiger partial charge in [-0.15, -0.1) is 0 Å². The van der Waals surface area contributed by atoms with Gasteiger partial charge in [0.1, 0.15) is 11.2 Å². The Hall–Kier alpha value is -7.42. The molecule has 1 aromatic heterocycles. The summed E-state index contributed by atoms with van der Waals surface area (Å²) in [6, 6.07) is 76.7. The van der Waals surface area contributed by atoms with E-state index in [1.807, 2.05) is 0 Å². The molecule has 1 heterocycles. The predicted molar refractivity (Wildman–Crippen MR) is 237 cm³/mol. The average Bonchev–Trinajstić information content (AvgIpc) is 3.62. The fourth-order valence-corrected chi connectivity index (χ4v) is 8.43. The Morgan fingerprint density at radius 1 is 0.286 bits per heavy atom. The summed E-state index contributed by atoms with van der Waals surface area (Å²) < 4.78 is 6.41. The summed E-state index contributed by atoms with van der Waals surface area (Å²) in [4.78, 5) is 2.40. The van der Waals surface area contributed by atoms with Crippen LogP contribution in [-0.4, -0.2) is 0 Å². The van der Waals surface area contributed by atoms with Gasteiger partial charge >= 0.3 is 0 Å². The Kier molecular flexibility index (Phi) is 7.53. The lowest BCUT2D eigenvalue weighted by Gasteiger charge is -2.28. The second kappa shape index (κ2) is 13.2. The molecule has 0 unspecified atom stereocenters. The first kappa shape index (κ1) is 32.0. The Bertz CT molecular complexity index is 3260. The van der Waals surface area contributed by atoms with Gasteiger partial charge in [0.15, 0.2) is 0 Å². The fourth-order valence-electron chi connectivity index (χ4n) is 8.43. The van der Waals surface area contributed by atoms with Gasteiger partial charge in [0.2, 0.25) is 0 Å². The van der Waals surface area contributed by atoms with Crippen LogP contribution >= 0.6 is 0 Å². The Balaban J connectivity index is 1.08. The van der Waals surface area contributed by atoms with Gasteiger partial charge in [-0.05, 0) is 121 Å². The maximum Gasteiger partial charge on any atom is 0.136 e. The minimum absolute atomic E-state index is 0.889. The van der Waals surface area contributed by atoms with Crippen molar-refractivity contribution in [2.24, 2.45) is 0 Å². The van der Waals surface area contributed by atoms with Gasteiger partial charge in [0.05, 0.1) is 5.69 Å². The summed E-state index contributed by atoms with van der Waals surface area (Å²) in [6.45, 7) is 0.